The molecule has 0 unspecified atom stereocenters. The fraction of sp³-hybridized carbons (Fsp3) is 0.158. The van der Waals surface area contributed by atoms with Gasteiger partial charge in [-0.25, -0.2) is 8.42 Å². The van der Waals surface area contributed by atoms with Crippen LogP contribution < -0.4 is 10.1 Å². The van der Waals surface area contributed by atoms with Crippen LogP contribution >= 0.6 is 11.6 Å². The summed E-state index contributed by atoms with van der Waals surface area (Å²) >= 11 is 5.82. The van der Waals surface area contributed by atoms with Gasteiger partial charge >= 0.3 is 0 Å². The van der Waals surface area contributed by atoms with Crippen LogP contribution in [0.25, 0.3) is 0 Å². The highest BCUT2D eigenvalue weighted by molar-refractivity contribution is 7.90. The molecule has 1 N–H and O–H groups in total. The number of nitrogens with one attached hydrogen (secondary N) is 1. The molecule has 3 rings (SSSR count). The number of benzene rings is 2. The normalized spacial score (nSPS) is 11.2. The Morgan fingerprint density at radius 1 is 1.00 bits per heavy atom. The number of aromatic nitrogens is 2. The molecular formula is C19H18ClN3O3S. The fourth-order valence-electron chi connectivity index (χ4n) is 2.43. The molecule has 2 aromatic carbocycles. The predicted molar refractivity (Wildman–Crippen MR) is 105 cm³/mol. The van der Waals surface area contributed by atoms with Gasteiger partial charge in [-0.3, -0.25) is 0 Å². The first kappa shape index (κ1) is 19.1. The second-order valence-electron chi connectivity index (χ2n) is 5.85. The van der Waals surface area contributed by atoms with Gasteiger partial charge in [-0.2, -0.15) is 0 Å². The molecule has 27 heavy (non-hydrogen) atoms. The monoisotopic (exact) mass is 403 g/mol. The minimum atomic E-state index is -3.58. The Kier molecular flexibility index (Phi) is 5.93. The van der Waals surface area contributed by atoms with E-state index in [1.165, 1.54) is 6.07 Å². The summed E-state index contributed by atoms with van der Waals surface area (Å²) in [7, 11) is -1.97. The summed E-state index contributed by atoms with van der Waals surface area (Å²) in [4.78, 5) is 0. The summed E-state index contributed by atoms with van der Waals surface area (Å²) in [6.45, 7) is 0.517. The van der Waals surface area contributed by atoms with Crippen molar-refractivity contribution in [1.82, 2.24) is 10.2 Å². The molecule has 0 spiro atoms. The molecule has 0 aliphatic rings. The lowest BCUT2D eigenvalue weighted by Gasteiger charge is -2.08. The number of halogens is 1. The minimum absolute atomic E-state index is 0.0654. The quantitative estimate of drug-likeness (QED) is 0.647. The van der Waals surface area contributed by atoms with Gasteiger partial charge < -0.3 is 10.1 Å². The van der Waals surface area contributed by atoms with E-state index in [1.54, 1.807) is 37.4 Å². The summed E-state index contributed by atoms with van der Waals surface area (Å²) < 4.78 is 30.1. The number of anilines is 1. The van der Waals surface area contributed by atoms with Crippen LogP contribution in [0.2, 0.25) is 5.02 Å². The largest absolute Gasteiger partial charge is 0.497 e. The number of hydrogen-bond acceptors (Lipinski definition) is 6. The lowest BCUT2D eigenvalue weighted by atomic mass is 10.2. The molecule has 6 nitrogen and oxygen atoms in total. The average molecular weight is 404 g/mol. The molecule has 8 heteroatoms. The Hall–Kier alpha value is -2.64. The molecular weight excluding hydrogens is 386 g/mol. The van der Waals surface area contributed by atoms with Crippen LogP contribution in [-0.4, -0.2) is 25.7 Å². The molecule has 0 aliphatic heterocycles. The van der Waals surface area contributed by atoms with Crippen molar-refractivity contribution in [1.29, 1.82) is 0 Å². The smallest absolute Gasteiger partial charge is 0.201 e. The second kappa shape index (κ2) is 8.37. The third-order valence-electron chi connectivity index (χ3n) is 3.84. The van der Waals surface area contributed by atoms with Crippen molar-refractivity contribution in [3.05, 3.63) is 76.8 Å². The fourth-order valence-corrected chi connectivity index (χ4v) is 3.77. The van der Waals surface area contributed by atoms with Gasteiger partial charge in [-0.05, 0) is 47.5 Å². The number of methoxy groups -OCH3 is 1. The van der Waals surface area contributed by atoms with Gasteiger partial charge in [-0.15, -0.1) is 10.2 Å². The van der Waals surface area contributed by atoms with Crippen LogP contribution in [0.4, 0.5) is 5.82 Å². The summed E-state index contributed by atoms with van der Waals surface area (Å²) in [5, 5.41) is 11.4. The van der Waals surface area contributed by atoms with Gasteiger partial charge in [0.05, 0.1) is 12.9 Å². The summed E-state index contributed by atoms with van der Waals surface area (Å²) in [6, 6.07) is 17.3. The standard InChI is InChI=1S/C19H18ClN3O3S/c1-26-17-4-2-3-15(11-17)12-21-18-9-10-19(23-22-18)27(24,25)13-14-5-7-16(20)8-6-14/h2-11H,12-13H2,1H3,(H,21,22). The van der Waals surface area contributed by atoms with Crippen molar-refractivity contribution in [2.75, 3.05) is 12.4 Å². The van der Waals surface area contributed by atoms with Crippen LogP contribution in [0.5, 0.6) is 5.75 Å². The van der Waals surface area contributed by atoms with E-state index >= 15 is 0 Å². The van der Waals surface area contributed by atoms with E-state index in [2.05, 4.69) is 15.5 Å². The highest BCUT2D eigenvalue weighted by atomic mass is 35.5. The Morgan fingerprint density at radius 2 is 1.78 bits per heavy atom. The number of ether oxygens (including phenoxy) is 1. The highest BCUT2D eigenvalue weighted by Crippen LogP contribution is 2.18. The van der Waals surface area contributed by atoms with Gasteiger partial charge in [0.25, 0.3) is 0 Å². The zero-order valence-electron chi connectivity index (χ0n) is 14.6. The molecule has 0 amide bonds. The van der Waals surface area contributed by atoms with Gasteiger partial charge in [0.15, 0.2) is 5.03 Å². The van der Waals surface area contributed by atoms with Gasteiger partial charge in [-0.1, -0.05) is 35.9 Å². The molecule has 0 aliphatic carbocycles. The van der Waals surface area contributed by atoms with Crippen LogP contribution in [0.15, 0.2) is 65.7 Å². The summed E-state index contributed by atoms with van der Waals surface area (Å²) in [6.07, 6.45) is 0. The first-order chi connectivity index (χ1) is 13.0. The van der Waals surface area contributed by atoms with E-state index < -0.39 is 9.84 Å². The average Bonchev–Trinajstić information content (AvgIpc) is 2.68. The maximum Gasteiger partial charge on any atom is 0.201 e. The Balaban J connectivity index is 1.66. The van der Waals surface area contributed by atoms with E-state index in [9.17, 15) is 8.42 Å². The Labute approximate surface area is 163 Å². The lowest BCUT2D eigenvalue weighted by Crippen LogP contribution is -2.09. The minimum Gasteiger partial charge on any atom is -0.497 e. The molecule has 3 aromatic rings. The van der Waals surface area contributed by atoms with E-state index in [4.69, 9.17) is 16.3 Å². The van der Waals surface area contributed by atoms with Crippen molar-refractivity contribution in [2.24, 2.45) is 0 Å². The Morgan fingerprint density at radius 3 is 2.44 bits per heavy atom. The van der Waals surface area contributed by atoms with Crippen LogP contribution in [0.1, 0.15) is 11.1 Å². The number of nitrogens with zero attached hydrogens (tertiary/aromatic N) is 2. The molecule has 140 valence electrons. The van der Waals surface area contributed by atoms with Crippen molar-refractivity contribution in [2.45, 2.75) is 17.3 Å². The first-order valence-electron chi connectivity index (χ1n) is 8.14. The van der Waals surface area contributed by atoms with Crippen LogP contribution in [0.3, 0.4) is 0 Å². The van der Waals surface area contributed by atoms with Crippen LogP contribution in [-0.2, 0) is 22.1 Å². The maximum atomic E-state index is 12.5. The van der Waals surface area contributed by atoms with Crippen molar-refractivity contribution in [3.8, 4) is 5.75 Å². The highest BCUT2D eigenvalue weighted by Gasteiger charge is 2.17. The molecule has 0 fully saturated rings. The molecule has 0 bridgehead atoms. The van der Waals surface area contributed by atoms with Gasteiger partial charge in [0.1, 0.15) is 11.6 Å². The van der Waals surface area contributed by atoms with Crippen molar-refractivity contribution >= 4 is 27.3 Å². The first-order valence-corrected chi connectivity index (χ1v) is 10.2. The van der Waals surface area contributed by atoms with Gasteiger partial charge in [0, 0.05) is 11.6 Å². The molecule has 0 atom stereocenters. The molecule has 1 aromatic heterocycles. The van der Waals surface area contributed by atoms with Crippen LogP contribution in [0, 0.1) is 0 Å². The second-order valence-corrected chi connectivity index (χ2v) is 8.22. The number of sulfone groups is 1. The van der Waals surface area contributed by atoms with E-state index in [1.807, 2.05) is 24.3 Å². The van der Waals surface area contributed by atoms with E-state index in [0.29, 0.717) is 22.9 Å². The SMILES string of the molecule is COc1cccc(CNc2ccc(S(=O)(=O)Cc3ccc(Cl)cc3)nn2)c1. The Bertz CT molecular complexity index is 1010. The summed E-state index contributed by atoms with van der Waals surface area (Å²) in [5.74, 6) is 1.10. The molecule has 0 radical (unpaired) electrons. The predicted octanol–water partition coefficient (Wildman–Crippen LogP) is 3.72. The molecule has 0 saturated heterocycles. The van der Waals surface area contributed by atoms with Crippen molar-refractivity contribution in [3.63, 3.8) is 0 Å². The van der Waals surface area contributed by atoms with E-state index in [0.717, 1.165) is 11.3 Å². The number of hydrogen-bond donors (Lipinski definition) is 1. The van der Waals surface area contributed by atoms with E-state index in [-0.39, 0.29) is 10.8 Å². The third-order valence-corrected chi connectivity index (χ3v) is 5.66. The molecule has 1 heterocycles. The summed E-state index contributed by atoms with van der Waals surface area (Å²) in [5.41, 5.74) is 1.65. The zero-order chi connectivity index (χ0) is 19.3. The third kappa shape index (κ3) is 5.18. The van der Waals surface area contributed by atoms with Crippen molar-refractivity contribution < 1.29 is 13.2 Å². The number of rotatable bonds is 7. The topological polar surface area (TPSA) is 81.2 Å². The lowest BCUT2D eigenvalue weighted by molar-refractivity contribution is 0.414. The molecule has 0 saturated carbocycles. The maximum absolute atomic E-state index is 12.5. The zero-order valence-corrected chi connectivity index (χ0v) is 16.2. The van der Waals surface area contributed by atoms with Gasteiger partial charge in [0.2, 0.25) is 9.84 Å².